The van der Waals surface area contributed by atoms with Crippen LogP contribution in [0.3, 0.4) is 0 Å². The molecule has 3 N–H and O–H groups in total. The van der Waals surface area contributed by atoms with Crippen molar-refractivity contribution in [3.63, 3.8) is 0 Å². The summed E-state index contributed by atoms with van der Waals surface area (Å²) in [5.41, 5.74) is 2.56. The minimum absolute atomic E-state index is 0.104. The van der Waals surface area contributed by atoms with E-state index in [0.717, 1.165) is 27.5 Å². The number of amides is 1. The van der Waals surface area contributed by atoms with Gasteiger partial charge in [-0.25, -0.2) is 4.98 Å². The second-order valence-corrected chi connectivity index (χ2v) is 6.10. The van der Waals surface area contributed by atoms with Crippen molar-refractivity contribution in [2.75, 3.05) is 5.75 Å². The van der Waals surface area contributed by atoms with Crippen LogP contribution < -0.4 is 10.2 Å². The number of rotatable bonds is 5. The van der Waals surface area contributed by atoms with Gasteiger partial charge in [0.1, 0.15) is 0 Å². The lowest BCUT2D eigenvalue weighted by molar-refractivity contribution is -0.118. The molecule has 2 heterocycles. The summed E-state index contributed by atoms with van der Waals surface area (Å²) < 4.78 is 0. The summed E-state index contributed by atoms with van der Waals surface area (Å²) in [7, 11) is 0. The highest BCUT2D eigenvalue weighted by molar-refractivity contribution is 7.99. The zero-order valence-electron chi connectivity index (χ0n) is 10.9. The number of thiazole rings is 1. The molecule has 3 aromatic rings. The van der Waals surface area contributed by atoms with Crippen LogP contribution in [0.4, 0.5) is 0 Å². The molecule has 0 atom stereocenters. The number of aromatic nitrogens is 3. The monoisotopic (exact) mass is 320 g/mol. The molecule has 0 aliphatic heterocycles. The number of carbonyl (C=O) groups excluding carboxylic acids is 1. The first-order chi connectivity index (χ1) is 10.2. The number of imidazole rings is 1. The van der Waals surface area contributed by atoms with Crippen molar-refractivity contribution in [1.82, 2.24) is 20.3 Å². The maximum Gasteiger partial charge on any atom is 0.304 e. The van der Waals surface area contributed by atoms with Gasteiger partial charge < -0.3 is 15.3 Å². The number of benzene rings is 1. The standard InChI is InChI=1S/C13H12N4O2S2/c18-11(14-5-8-6-21-13(19)15-8)7-20-12-16-9-3-1-2-4-10(9)17-12/h1-4,6H,5,7H2,(H,14,18)(H,15,19)(H,16,17). The Hall–Kier alpha value is -2.06. The lowest BCUT2D eigenvalue weighted by Gasteiger charge is -2.01. The Morgan fingerprint density at radius 1 is 1.33 bits per heavy atom. The van der Waals surface area contributed by atoms with E-state index in [0.29, 0.717) is 12.2 Å². The third-order valence-electron chi connectivity index (χ3n) is 2.75. The molecule has 108 valence electrons. The average molecular weight is 320 g/mol. The van der Waals surface area contributed by atoms with E-state index in [-0.39, 0.29) is 16.5 Å². The van der Waals surface area contributed by atoms with Crippen molar-refractivity contribution in [2.45, 2.75) is 11.7 Å². The van der Waals surface area contributed by atoms with Crippen molar-refractivity contribution >= 4 is 40.0 Å². The highest BCUT2D eigenvalue weighted by Crippen LogP contribution is 2.18. The van der Waals surface area contributed by atoms with Gasteiger partial charge in [0, 0.05) is 11.1 Å². The van der Waals surface area contributed by atoms with Crippen LogP contribution in [-0.4, -0.2) is 26.6 Å². The number of carbonyl (C=O) groups is 1. The summed E-state index contributed by atoms with van der Waals surface area (Å²) in [6.45, 7) is 0.332. The zero-order chi connectivity index (χ0) is 14.7. The molecule has 0 fully saturated rings. The maximum atomic E-state index is 11.7. The van der Waals surface area contributed by atoms with E-state index in [4.69, 9.17) is 0 Å². The summed E-state index contributed by atoms with van der Waals surface area (Å²) in [4.78, 5) is 32.8. The van der Waals surface area contributed by atoms with Gasteiger partial charge in [0.2, 0.25) is 5.91 Å². The second kappa shape index (κ2) is 6.15. The van der Waals surface area contributed by atoms with Crippen molar-refractivity contribution in [2.24, 2.45) is 0 Å². The molecule has 0 saturated carbocycles. The van der Waals surface area contributed by atoms with Gasteiger partial charge in [-0.15, -0.1) is 0 Å². The van der Waals surface area contributed by atoms with Gasteiger partial charge in [-0.3, -0.25) is 9.59 Å². The van der Waals surface area contributed by atoms with E-state index in [1.54, 1.807) is 5.38 Å². The average Bonchev–Trinajstić information content (AvgIpc) is 3.08. The number of hydrogen-bond acceptors (Lipinski definition) is 5. The van der Waals surface area contributed by atoms with Crippen LogP contribution >= 0.6 is 23.1 Å². The molecular weight excluding hydrogens is 308 g/mol. The first-order valence-corrected chi connectivity index (χ1v) is 8.08. The number of fused-ring (bicyclic) bond motifs is 1. The molecule has 0 spiro atoms. The summed E-state index contributed by atoms with van der Waals surface area (Å²) in [5.74, 6) is 0.168. The van der Waals surface area contributed by atoms with Crippen LogP contribution in [0.25, 0.3) is 11.0 Å². The smallest absolute Gasteiger partial charge is 0.304 e. The summed E-state index contributed by atoms with van der Waals surface area (Å²) in [6.07, 6.45) is 0. The van der Waals surface area contributed by atoms with Crippen LogP contribution in [0.15, 0.2) is 39.6 Å². The number of nitrogens with zero attached hydrogens (tertiary/aromatic N) is 1. The van der Waals surface area contributed by atoms with Crippen molar-refractivity contribution in [1.29, 1.82) is 0 Å². The van der Waals surface area contributed by atoms with E-state index < -0.39 is 0 Å². The molecule has 8 heteroatoms. The Morgan fingerprint density at radius 3 is 2.95 bits per heavy atom. The first-order valence-electron chi connectivity index (χ1n) is 6.21. The van der Waals surface area contributed by atoms with Crippen LogP contribution in [0.5, 0.6) is 0 Å². The van der Waals surface area contributed by atoms with Gasteiger partial charge >= 0.3 is 4.87 Å². The van der Waals surface area contributed by atoms with E-state index in [2.05, 4.69) is 20.3 Å². The topological polar surface area (TPSA) is 90.6 Å². The molecule has 21 heavy (non-hydrogen) atoms. The van der Waals surface area contributed by atoms with Crippen LogP contribution in [0.1, 0.15) is 5.69 Å². The Morgan fingerprint density at radius 2 is 2.19 bits per heavy atom. The predicted octanol–water partition coefficient (Wildman–Crippen LogP) is 1.72. The minimum atomic E-state index is -0.115. The van der Waals surface area contributed by atoms with Crippen molar-refractivity contribution in [3.8, 4) is 0 Å². The molecular formula is C13H12N4O2S2. The molecule has 1 amide bonds. The third kappa shape index (κ3) is 3.53. The SMILES string of the molecule is O=C(CSc1nc2ccccc2[nH]1)NCc1csc(=O)[nH]1. The highest BCUT2D eigenvalue weighted by atomic mass is 32.2. The normalized spacial score (nSPS) is 10.9. The van der Waals surface area contributed by atoms with Gasteiger partial charge in [0.05, 0.1) is 23.3 Å². The first kappa shape index (κ1) is 13.9. The molecule has 0 radical (unpaired) electrons. The van der Waals surface area contributed by atoms with E-state index >= 15 is 0 Å². The Kier molecular flexibility index (Phi) is 4.07. The molecule has 0 bridgehead atoms. The highest BCUT2D eigenvalue weighted by Gasteiger charge is 2.07. The number of para-hydroxylation sites is 2. The van der Waals surface area contributed by atoms with Gasteiger partial charge in [-0.2, -0.15) is 0 Å². The van der Waals surface area contributed by atoms with E-state index in [1.807, 2.05) is 24.3 Å². The van der Waals surface area contributed by atoms with Crippen LogP contribution in [0, 0.1) is 0 Å². The van der Waals surface area contributed by atoms with Crippen molar-refractivity contribution < 1.29 is 4.79 Å². The van der Waals surface area contributed by atoms with Crippen LogP contribution in [0.2, 0.25) is 0 Å². The minimum Gasteiger partial charge on any atom is -0.350 e. The summed E-state index contributed by atoms with van der Waals surface area (Å²) in [5, 5.41) is 5.17. The lowest BCUT2D eigenvalue weighted by atomic mass is 10.3. The Balaban J connectivity index is 1.52. The van der Waals surface area contributed by atoms with E-state index in [1.165, 1.54) is 11.8 Å². The van der Waals surface area contributed by atoms with E-state index in [9.17, 15) is 9.59 Å². The van der Waals surface area contributed by atoms with Crippen LogP contribution in [-0.2, 0) is 11.3 Å². The van der Waals surface area contributed by atoms with Gasteiger partial charge in [0.25, 0.3) is 0 Å². The Labute approximate surface area is 128 Å². The maximum absolute atomic E-state index is 11.7. The zero-order valence-corrected chi connectivity index (χ0v) is 12.5. The summed E-state index contributed by atoms with van der Waals surface area (Å²) in [6, 6.07) is 7.72. The number of H-pyrrole nitrogens is 2. The molecule has 0 aliphatic carbocycles. The Bertz CT molecular complexity index is 788. The predicted molar refractivity (Wildman–Crippen MR) is 83.6 cm³/mol. The third-order valence-corrected chi connectivity index (χ3v) is 4.35. The fourth-order valence-corrected chi connectivity index (χ4v) is 3.07. The van der Waals surface area contributed by atoms with Gasteiger partial charge in [-0.05, 0) is 12.1 Å². The lowest BCUT2D eigenvalue weighted by Crippen LogP contribution is -2.25. The van der Waals surface area contributed by atoms with Gasteiger partial charge in [0.15, 0.2) is 5.16 Å². The molecule has 0 saturated heterocycles. The molecule has 3 rings (SSSR count). The fraction of sp³-hybridized carbons (Fsp3) is 0.154. The number of aromatic amines is 2. The molecule has 0 aliphatic rings. The largest absolute Gasteiger partial charge is 0.350 e. The summed E-state index contributed by atoms with van der Waals surface area (Å²) >= 11 is 2.43. The second-order valence-electron chi connectivity index (χ2n) is 4.30. The quantitative estimate of drug-likeness (QED) is 0.624. The number of nitrogens with one attached hydrogen (secondary N) is 3. The fourth-order valence-electron chi connectivity index (χ4n) is 1.78. The molecule has 1 aromatic carbocycles. The van der Waals surface area contributed by atoms with Gasteiger partial charge in [-0.1, -0.05) is 35.2 Å². The van der Waals surface area contributed by atoms with Crippen molar-refractivity contribution in [3.05, 3.63) is 45.0 Å². The molecule has 6 nitrogen and oxygen atoms in total. The molecule has 2 aromatic heterocycles. The number of hydrogen-bond donors (Lipinski definition) is 3. The number of thioether (sulfide) groups is 1. The molecule has 0 unspecified atom stereocenters.